The van der Waals surface area contributed by atoms with Gasteiger partial charge in [-0.3, -0.25) is 0 Å². The average Bonchev–Trinajstić information content (AvgIpc) is 2.36. The Bertz CT molecular complexity index is 589. The molecule has 0 radical (unpaired) electrons. The van der Waals surface area contributed by atoms with Gasteiger partial charge in [0.1, 0.15) is 0 Å². The van der Waals surface area contributed by atoms with Crippen molar-refractivity contribution in [1.29, 1.82) is 0 Å². The molecular weight excluding hydrogens is 291 g/mol. The molecule has 0 amide bonds. The summed E-state index contributed by atoms with van der Waals surface area (Å²) in [6, 6.07) is 11.9. The van der Waals surface area contributed by atoms with E-state index in [4.69, 9.17) is 23.2 Å². The Labute approximate surface area is 130 Å². The van der Waals surface area contributed by atoms with Gasteiger partial charge < -0.3 is 10.2 Å². The standard InChI is InChI=1S/C16H18Cl2N2/c1-11-4-5-15(9-16(11)20(2)3)19-10-12-6-13(17)8-14(18)7-12/h4-9,19H,10H2,1-3H3. The summed E-state index contributed by atoms with van der Waals surface area (Å²) in [6.45, 7) is 2.80. The normalized spacial score (nSPS) is 10.4. The fourth-order valence-electron chi connectivity index (χ4n) is 2.12. The molecule has 0 spiro atoms. The van der Waals surface area contributed by atoms with Crippen LogP contribution in [0.15, 0.2) is 36.4 Å². The first-order chi connectivity index (χ1) is 9.45. The Hall–Kier alpha value is -1.38. The molecule has 106 valence electrons. The van der Waals surface area contributed by atoms with Gasteiger partial charge in [-0.1, -0.05) is 29.3 Å². The minimum absolute atomic E-state index is 0.659. The SMILES string of the molecule is Cc1ccc(NCc2cc(Cl)cc(Cl)c2)cc1N(C)C. The molecule has 0 bridgehead atoms. The summed E-state index contributed by atoms with van der Waals surface area (Å²) < 4.78 is 0. The molecule has 20 heavy (non-hydrogen) atoms. The van der Waals surface area contributed by atoms with Crippen LogP contribution in [-0.2, 0) is 6.54 Å². The van der Waals surface area contributed by atoms with Crippen molar-refractivity contribution in [3.8, 4) is 0 Å². The molecule has 0 atom stereocenters. The highest BCUT2D eigenvalue weighted by molar-refractivity contribution is 6.34. The van der Waals surface area contributed by atoms with Crippen molar-refractivity contribution in [2.75, 3.05) is 24.3 Å². The van der Waals surface area contributed by atoms with Crippen LogP contribution in [0.4, 0.5) is 11.4 Å². The Balaban J connectivity index is 2.12. The first-order valence-electron chi connectivity index (χ1n) is 6.42. The third kappa shape index (κ3) is 3.81. The van der Waals surface area contributed by atoms with Crippen LogP contribution in [0.1, 0.15) is 11.1 Å². The predicted octanol–water partition coefficient (Wildman–Crippen LogP) is 4.98. The van der Waals surface area contributed by atoms with Crippen molar-refractivity contribution < 1.29 is 0 Å². The third-order valence-corrected chi connectivity index (χ3v) is 3.55. The summed E-state index contributed by atoms with van der Waals surface area (Å²) in [7, 11) is 4.09. The summed E-state index contributed by atoms with van der Waals surface area (Å²) in [4.78, 5) is 2.11. The molecule has 2 rings (SSSR count). The van der Waals surface area contributed by atoms with Crippen LogP contribution in [0, 0.1) is 6.92 Å². The lowest BCUT2D eigenvalue weighted by Gasteiger charge is -2.17. The highest BCUT2D eigenvalue weighted by atomic mass is 35.5. The molecule has 0 unspecified atom stereocenters. The van der Waals surface area contributed by atoms with Crippen LogP contribution in [0.5, 0.6) is 0 Å². The first-order valence-corrected chi connectivity index (χ1v) is 7.18. The zero-order valence-electron chi connectivity index (χ0n) is 11.9. The largest absolute Gasteiger partial charge is 0.381 e. The molecule has 4 heteroatoms. The van der Waals surface area contributed by atoms with Crippen LogP contribution in [-0.4, -0.2) is 14.1 Å². The second kappa shape index (κ2) is 6.38. The van der Waals surface area contributed by atoms with E-state index < -0.39 is 0 Å². The van der Waals surface area contributed by atoms with Crippen LogP contribution in [0.2, 0.25) is 10.0 Å². The maximum Gasteiger partial charge on any atom is 0.0424 e. The van der Waals surface area contributed by atoms with Crippen LogP contribution in [0.3, 0.4) is 0 Å². The van der Waals surface area contributed by atoms with Crippen molar-refractivity contribution in [2.45, 2.75) is 13.5 Å². The summed E-state index contributed by atoms with van der Waals surface area (Å²) >= 11 is 12.0. The van der Waals surface area contributed by atoms with E-state index in [-0.39, 0.29) is 0 Å². The smallest absolute Gasteiger partial charge is 0.0424 e. The zero-order valence-corrected chi connectivity index (χ0v) is 13.4. The number of rotatable bonds is 4. The molecule has 0 aliphatic carbocycles. The van der Waals surface area contributed by atoms with Gasteiger partial charge in [0.05, 0.1) is 0 Å². The Morgan fingerprint density at radius 2 is 1.65 bits per heavy atom. The lowest BCUT2D eigenvalue weighted by molar-refractivity contribution is 1.10. The number of hydrogen-bond donors (Lipinski definition) is 1. The van der Waals surface area contributed by atoms with Crippen molar-refractivity contribution in [2.24, 2.45) is 0 Å². The van der Waals surface area contributed by atoms with Crippen LogP contribution in [0.25, 0.3) is 0 Å². The van der Waals surface area contributed by atoms with Crippen LogP contribution >= 0.6 is 23.2 Å². The van der Waals surface area contributed by atoms with Gasteiger partial charge in [0.15, 0.2) is 0 Å². The summed E-state index contributed by atoms with van der Waals surface area (Å²) in [5.41, 5.74) is 4.61. The molecule has 0 fully saturated rings. The summed E-state index contributed by atoms with van der Waals surface area (Å²) in [5, 5.41) is 4.71. The van der Waals surface area contributed by atoms with Crippen molar-refractivity contribution in [3.63, 3.8) is 0 Å². The fraction of sp³-hybridized carbons (Fsp3) is 0.250. The molecule has 0 saturated heterocycles. The van der Waals surface area contributed by atoms with Gasteiger partial charge >= 0.3 is 0 Å². The van der Waals surface area contributed by atoms with Gasteiger partial charge in [-0.25, -0.2) is 0 Å². The molecule has 0 heterocycles. The number of aryl methyl sites for hydroxylation is 1. The van der Waals surface area contributed by atoms with E-state index in [1.807, 2.05) is 26.2 Å². The van der Waals surface area contributed by atoms with E-state index in [0.29, 0.717) is 16.6 Å². The zero-order chi connectivity index (χ0) is 14.7. The van der Waals surface area contributed by atoms with Crippen molar-refractivity contribution in [3.05, 3.63) is 57.6 Å². The molecule has 2 aromatic carbocycles. The van der Waals surface area contributed by atoms with Crippen molar-refractivity contribution in [1.82, 2.24) is 0 Å². The molecule has 0 aromatic heterocycles. The van der Waals surface area contributed by atoms with E-state index in [9.17, 15) is 0 Å². The minimum Gasteiger partial charge on any atom is -0.381 e. The number of halogens is 2. The average molecular weight is 309 g/mol. The van der Waals surface area contributed by atoms with E-state index in [0.717, 1.165) is 11.3 Å². The first kappa shape index (κ1) is 15.0. The van der Waals surface area contributed by atoms with Gasteiger partial charge in [-0.2, -0.15) is 0 Å². The highest BCUT2D eigenvalue weighted by Crippen LogP contribution is 2.24. The van der Waals surface area contributed by atoms with E-state index in [1.54, 1.807) is 6.07 Å². The Morgan fingerprint density at radius 3 is 2.25 bits per heavy atom. The molecule has 0 aliphatic rings. The lowest BCUT2D eigenvalue weighted by Crippen LogP contribution is -2.11. The molecular formula is C16H18Cl2N2. The quantitative estimate of drug-likeness (QED) is 0.857. The van der Waals surface area contributed by atoms with Gasteiger partial charge in [-0.15, -0.1) is 0 Å². The topological polar surface area (TPSA) is 15.3 Å². The number of nitrogens with one attached hydrogen (secondary N) is 1. The fourth-order valence-corrected chi connectivity index (χ4v) is 2.69. The van der Waals surface area contributed by atoms with Gasteiger partial charge in [0.25, 0.3) is 0 Å². The molecule has 2 aromatic rings. The molecule has 2 nitrogen and oxygen atoms in total. The number of hydrogen-bond acceptors (Lipinski definition) is 2. The summed E-state index contributed by atoms with van der Waals surface area (Å²) in [6.07, 6.45) is 0. The van der Waals surface area contributed by atoms with Crippen LogP contribution < -0.4 is 10.2 Å². The maximum absolute atomic E-state index is 6.00. The second-order valence-electron chi connectivity index (χ2n) is 5.03. The highest BCUT2D eigenvalue weighted by Gasteiger charge is 2.03. The van der Waals surface area contributed by atoms with E-state index >= 15 is 0 Å². The Kier molecular flexibility index (Phi) is 4.79. The van der Waals surface area contributed by atoms with Gasteiger partial charge in [0.2, 0.25) is 0 Å². The number of anilines is 2. The third-order valence-electron chi connectivity index (χ3n) is 3.11. The molecule has 0 aliphatic heterocycles. The minimum atomic E-state index is 0.659. The van der Waals surface area contributed by atoms with E-state index in [1.165, 1.54) is 11.3 Å². The van der Waals surface area contributed by atoms with E-state index in [2.05, 4.69) is 35.3 Å². The van der Waals surface area contributed by atoms with Gasteiger partial charge in [0, 0.05) is 42.1 Å². The molecule has 1 N–H and O–H groups in total. The van der Waals surface area contributed by atoms with Crippen molar-refractivity contribution >= 4 is 34.6 Å². The molecule has 0 saturated carbocycles. The Morgan fingerprint density at radius 1 is 1.00 bits per heavy atom. The maximum atomic E-state index is 6.00. The monoisotopic (exact) mass is 308 g/mol. The summed E-state index contributed by atoms with van der Waals surface area (Å²) in [5.74, 6) is 0. The lowest BCUT2D eigenvalue weighted by atomic mass is 10.1. The van der Waals surface area contributed by atoms with Gasteiger partial charge in [-0.05, 0) is 48.4 Å². The number of nitrogens with zero attached hydrogens (tertiary/aromatic N) is 1. The number of benzene rings is 2. The second-order valence-corrected chi connectivity index (χ2v) is 5.90. The predicted molar refractivity (Wildman–Crippen MR) is 89.3 cm³/mol.